The summed E-state index contributed by atoms with van der Waals surface area (Å²) in [5, 5.41) is 16.2. The van der Waals surface area contributed by atoms with E-state index in [-0.39, 0.29) is 23.0 Å². The molecule has 1 unspecified atom stereocenters. The van der Waals surface area contributed by atoms with Gasteiger partial charge in [-0.1, -0.05) is 11.8 Å². The number of aryl methyl sites for hydroxylation is 1. The number of rotatable bonds is 5. The van der Waals surface area contributed by atoms with E-state index >= 15 is 0 Å². The van der Waals surface area contributed by atoms with E-state index in [1.54, 1.807) is 6.92 Å². The Balaban J connectivity index is 1.73. The van der Waals surface area contributed by atoms with Crippen LogP contribution in [0.1, 0.15) is 16.9 Å². The Morgan fingerprint density at radius 1 is 1.45 bits per heavy atom. The monoisotopic (exact) mass is 336 g/mol. The molecule has 0 fully saturated rings. The van der Waals surface area contributed by atoms with Crippen molar-refractivity contribution in [2.45, 2.75) is 30.7 Å². The van der Waals surface area contributed by atoms with Gasteiger partial charge in [-0.05, 0) is 13.8 Å². The number of nitrogens with one attached hydrogen (secondary N) is 2. The van der Waals surface area contributed by atoms with Crippen LogP contribution < -0.4 is 5.56 Å². The summed E-state index contributed by atoms with van der Waals surface area (Å²) in [4.78, 5) is 30.9. The molecule has 0 aliphatic rings. The fourth-order valence-electron chi connectivity index (χ4n) is 1.82. The van der Waals surface area contributed by atoms with E-state index in [0.29, 0.717) is 21.2 Å². The molecule has 3 aromatic heterocycles. The molecule has 0 saturated carbocycles. The summed E-state index contributed by atoms with van der Waals surface area (Å²) in [6, 6.07) is 0. The van der Waals surface area contributed by atoms with E-state index in [0.717, 1.165) is 5.01 Å². The fraction of sp³-hybridized carbons (Fsp3) is 0.333. The smallest absolute Gasteiger partial charge is 0.262 e. The quantitative estimate of drug-likeness (QED) is 0.529. The third-order valence-electron chi connectivity index (χ3n) is 2.93. The minimum absolute atomic E-state index is 0.00788. The number of aromatic nitrogens is 6. The van der Waals surface area contributed by atoms with Crippen molar-refractivity contribution in [3.05, 3.63) is 26.6 Å². The van der Waals surface area contributed by atoms with Gasteiger partial charge >= 0.3 is 0 Å². The molecule has 0 saturated heterocycles. The predicted octanol–water partition coefficient (Wildman–Crippen LogP) is 1.10. The van der Waals surface area contributed by atoms with Crippen LogP contribution in [-0.2, 0) is 11.2 Å². The first-order valence-corrected chi connectivity index (χ1v) is 8.14. The maximum Gasteiger partial charge on any atom is 0.262 e. The first-order valence-electron chi connectivity index (χ1n) is 6.44. The van der Waals surface area contributed by atoms with Gasteiger partial charge in [0.25, 0.3) is 5.56 Å². The zero-order valence-corrected chi connectivity index (χ0v) is 13.4. The number of ketones is 1. The lowest BCUT2D eigenvalue weighted by Gasteiger charge is -2.08. The average molecular weight is 336 g/mol. The van der Waals surface area contributed by atoms with Crippen molar-refractivity contribution in [2.24, 2.45) is 0 Å². The Kier molecular flexibility index (Phi) is 4.03. The Morgan fingerprint density at radius 2 is 2.27 bits per heavy atom. The molecule has 0 radical (unpaired) electrons. The summed E-state index contributed by atoms with van der Waals surface area (Å²) in [7, 11) is 0. The Morgan fingerprint density at radius 3 is 3.00 bits per heavy atom. The molecule has 0 aliphatic heterocycles. The highest BCUT2D eigenvalue weighted by atomic mass is 32.2. The zero-order chi connectivity index (χ0) is 15.7. The average Bonchev–Trinajstić information content (AvgIpc) is 3.08. The van der Waals surface area contributed by atoms with E-state index in [4.69, 9.17) is 0 Å². The lowest BCUT2D eigenvalue weighted by atomic mass is 10.2. The second-order valence-electron chi connectivity index (χ2n) is 4.62. The molecule has 3 aromatic rings. The normalized spacial score (nSPS) is 12.6. The van der Waals surface area contributed by atoms with Crippen LogP contribution in [0.15, 0.2) is 16.1 Å². The molecule has 0 amide bonds. The highest BCUT2D eigenvalue weighted by molar-refractivity contribution is 8.00. The van der Waals surface area contributed by atoms with Crippen LogP contribution in [0, 0.1) is 6.92 Å². The van der Waals surface area contributed by atoms with Crippen molar-refractivity contribution < 1.29 is 4.79 Å². The summed E-state index contributed by atoms with van der Waals surface area (Å²) >= 11 is 2.61. The van der Waals surface area contributed by atoms with Gasteiger partial charge < -0.3 is 4.98 Å². The number of carbonyl (C=O) groups is 1. The van der Waals surface area contributed by atoms with E-state index in [9.17, 15) is 9.59 Å². The largest absolute Gasteiger partial charge is 0.301 e. The van der Waals surface area contributed by atoms with Crippen LogP contribution in [0.5, 0.6) is 0 Å². The van der Waals surface area contributed by atoms with E-state index in [1.807, 2.05) is 6.92 Å². The molecule has 114 valence electrons. The van der Waals surface area contributed by atoms with Gasteiger partial charge in [0.15, 0.2) is 16.6 Å². The van der Waals surface area contributed by atoms with Crippen molar-refractivity contribution in [3.63, 3.8) is 0 Å². The number of hydrogen-bond donors (Lipinski definition) is 2. The number of hydrogen-bond acceptors (Lipinski definition) is 8. The molecule has 1 atom stereocenters. The standard InChI is InChI=1S/C12H12N6O2S2/c1-5(8(19)3-9-17-16-6(2)22-9)21-12-14-10-7(4-13-18-10)11(20)15-12/h4-5H,3H2,1-2H3,(H2,13,14,15,18,20). The lowest BCUT2D eigenvalue weighted by Crippen LogP contribution is -2.17. The Labute approximate surface area is 132 Å². The number of fused-ring (bicyclic) bond motifs is 1. The van der Waals surface area contributed by atoms with Crippen LogP contribution in [0.2, 0.25) is 0 Å². The molecule has 0 aromatic carbocycles. The van der Waals surface area contributed by atoms with Gasteiger partial charge in [-0.2, -0.15) is 5.10 Å². The van der Waals surface area contributed by atoms with Gasteiger partial charge in [0, 0.05) is 0 Å². The van der Waals surface area contributed by atoms with E-state index < -0.39 is 0 Å². The lowest BCUT2D eigenvalue weighted by molar-refractivity contribution is -0.117. The van der Waals surface area contributed by atoms with Crippen molar-refractivity contribution in [3.8, 4) is 0 Å². The van der Waals surface area contributed by atoms with Gasteiger partial charge in [-0.3, -0.25) is 14.7 Å². The van der Waals surface area contributed by atoms with Crippen molar-refractivity contribution in [1.29, 1.82) is 0 Å². The summed E-state index contributed by atoms with van der Waals surface area (Å²) in [6.07, 6.45) is 1.65. The van der Waals surface area contributed by atoms with Crippen molar-refractivity contribution >= 4 is 39.9 Å². The van der Waals surface area contributed by atoms with Crippen LogP contribution >= 0.6 is 23.1 Å². The first-order chi connectivity index (χ1) is 10.5. The molecule has 0 aliphatic carbocycles. The zero-order valence-electron chi connectivity index (χ0n) is 11.8. The number of nitrogens with zero attached hydrogens (tertiary/aromatic N) is 4. The highest BCUT2D eigenvalue weighted by Gasteiger charge is 2.18. The van der Waals surface area contributed by atoms with Gasteiger partial charge in [0.2, 0.25) is 0 Å². The maximum atomic E-state index is 12.2. The minimum atomic E-state index is -0.354. The summed E-state index contributed by atoms with van der Waals surface area (Å²) in [5.41, 5.74) is 0.131. The SMILES string of the molecule is Cc1nnc(CC(=O)C(C)Sc2nc3[nH]ncc3c(=O)[nH]2)s1. The summed E-state index contributed by atoms with van der Waals surface area (Å²) in [5.74, 6) is 0.00788. The molecule has 22 heavy (non-hydrogen) atoms. The van der Waals surface area contributed by atoms with Crippen LogP contribution in [-0.4, -0.2) is 41.4 Å². The molecule has 2 N–H and O–H groups in total. The van der Waals surface area contributed by atoms with Crippen LogP contribution in [0.25, 0.3) is 11.0 Å². The third kappa shape index (κ3) is 3.07. The molecule has 3 heterocycles. The molecular formula is C12H12N6O2S2. The molecule has 0 bridgehead atoms. The van der Waals surface area contributed by atoms with Gasteiger partial charge in [0.05, 0.1) is 17.9 Å². The number of Topliss-reactive ketones (excluding diaryl/α,β-unsaturated/α-hetero) is 1. The Hall–Kier alpha value is -2.07. The first kappa shape index (κ1) is 14.9. The second-order valence-corrected chi connectivity index (χ2v) is 7.22. The number of thioether (sulfide) groups is 1. The summed E-state index contributed by atoms with van der Waals surface area (Å²) < 4.78 is 0. The molecular weight excluding hydrogens is 324 g/mol. The van der Waals surface area contributed by atoms with Crippen molar-refractivity contribution in [1.82, 2.24) is 30.4 Å². The summed E-state index contributed by atoms with van der Waals surface area (Å²) in [6.45, 7) is 3.62. The van der Waals surface area contributed by atoms with Gasteiger partial charge in [-0.25, -0.2) is 4.98 Å². The van der Waals surface area contributed by atoms with Crippen LogP contribution in [0.4, 0.5) is 0 Å². The maximum absolute atomic E-state index is 12.2. The molecule has 8 nitrogen and oxygen atoms in total. The minimum Gasteiger partial charge on any atom is -0.301 e. The molecule has 0 spiro atoms. The topological polar surface area (TPSA) is 117 Å². The van der Waals surface area contributed by atoms with Crippen molar-refractivity contribution in [2.75, 3.05) is 0 Å². The molecule has 3 rings (SSSR count). The third-order valence-corrected chi connectivity index (χ3v) is 4.80. The van der Waals surface area contributed by atoms with Gasteiger partial charge in [0.1, 0.15) is 15.4 Å². The van der Waals surface area contributed by atoms with E-state index in [2.05, 4.69) is 30.4 Å². The molecule has 10 heteroatoms. The fourth-order valence-corrected chi connectivity index (χ4v) is 3.38. The number of H-pyrrole nitrogens is 2. The predicted molar refractivity (Wildman–Crippen MR) is 83.2 cm³/mol. The second kappa shape index (κ2) is 5.97. The van der Waals surface area contributed by atoms with Crippen LogP contribution in [0.3, 0.4) is 0 Å². The highest BCUT2D eigenvalue weighted by Crippen LogP contribution is 2.21. The Bertz CT molecular complexity index is 883. The van der Waals surface area contributed by atoms with Gasteiger partial charge in [-0.15, -0.1) is 21.5 Å². The number of carbonyl (C=O) groups excluding carboxylic acids is 1. The van der Waals surface area contributed by atoms with E-state index in [1.165, 1.54) is 29.3 Å². The number of aromatic amines is 2.